The van der Waals surface area contributed by atoms with Gasteiger partial charge in [-0.15, -0.1) is 0 Å². The zero-order chi connectivity index (χ0) is 25.0. The van der Waals surface area contributed by atoms with Crippen LogP contribution in [0.1, 0.15) is 51.4 Å². The molecule has 0 radical (unpaired) electrons. The van der Waals surface area contributed by atoms with Crippen molar-refractivity contribution in [2.75, 3.05) is 17.8 Å². The quantitative estimate of drug-likeness (QED) is 0.570. The summed E-state index contributed by atoms with van der Waals surface area (Å²) < 4.78 is 28.3. The number of hydrogen-bond donors (Lipinski definition) is 1. The second kappa shape index (κ2) is 10.0. The number of carbonyl (C=O) groups excluding carboxylic acids is 1. The van der Waals surface area contributed by atoms with Gasteiger partial charge in [-0.3, -0.25) is 9.52 Å². The van der Waals surface area contributed by atoms with Crippen LogP contribution in [0.5, 0.6) is 0 Å². The Hall–Kier alpha value is -4.14. The predicted molar refractivity (Wildman–Crippen MR) is 132 cm³/mol. The van der Waals surface area contributed by atoms with Gasteiger partial charge in [-0.2, -0.15) is 10.5 Å². The van der Waals surface area contributed by atoms with Crippen molar-refractivity contribution in [2.45, 2.75) is 30.6 Å². The molecular formula is C27H24N4O3S. The average Bonchev–Trinajstić information content (AvgIpc) is 2.89. The van der Waals surface area contributed by atoms with Crippen molar-refractivity contribution in [2.24, 2.45) is 0 Å². The van der Waals surface area contributed by atoms with Crippen molar-refractivity contribution in [3.05, 3.63) is 94.5 Å². The molecule has 0 bridgehead atoms. The van der Waals surface area contributed by atoms with E-state index in [-0.39, 0.29) is 10.8 Å². The van der Waals surface area contributed by atoms with Crippen molar-refractivity contribution < 1.29 is 13.2 Å². The number of carbonyl (C=O) groups is 1. The lowest BCUT2D eigenvalue weighted by molar-refractivity contribution is 0.0713. The fourth-order valence-electron chi connectivity index (χ4n) is 4.21. The summed E-state index contributed by atoms with van der Waals surface area (Å²) in [4.78, 5) is 15.0. The molecule has 1 heterocycles. The van der Waals surface area contributed by atoms with Crippen LogP contribution in [0.4, 0.5) is 5.69 Å². The summed E-state index contributed by atoms with van der Waals surface area (Å²) in [6.45, 7) is 2.97. The lowest BCUT2D eigenvalue weighted by atomic mass is 9.89. The maximum absolute atomic E-state index is 13.2. The number of nitrogens with zero attached hydrogens (tertiary/aromatic N) is 3. The van der Waals surface area contributed by atoms with E-state index >= 15 is 0 Å². The Balaban J connectivity index is 1.45. The highest BCUT2D eigenvalue weighted by Crippen LogP contribution is 2.29. The molecule has 176 valence electrons. The highest BCUT2D eigenvalue weighted by atomic mass is 32.2. The Morgan fingerprint density at radius 1 is 0.914 bits per heavy atom. The van der Waals surface area contributed by atoms with E-state index in [0.717, 1.165) is 12.8 Å². The van der Waals surface area contributed by atoms with Crippen LogP contribution in [0, 0.1) is 29.6 Å². The molecule has 1 amide bonds. The summed E-state index contributed by atoms with van der Waals surface area (Å²) in [5, 5.41) is 17.9. The molecule has 0 aromatic heterocycles. The van der Waals surface area contributed by atoms with Crippen molar-refractivity contribution in [3.8, 4) is 12.1 Å². The smallest absolute Gasteiger partial charge is 0.261 e. The average molecular weight is 485 g/mol. The van der Waals surface area contributed by atoms with E-state index < -0.39 is 10.0 Å². The number of nitrogens with one attached hydrogen (secondary N) is 1. The molecule has 1 fully saturated rings. The minimum absolute atomic E-state index is 0.0394. The van der Waals surface area contributed by atoms with E-state index in [9.17, 15) is 13.2 Å². The molecule has 1 aliphatic rings. The topological polar surface area (TPSA) is 114 Å². The van der Waals surface area contributed by atoms with Gasteiger partial charge in [0.05, 0.1) is 33.8 Å². The van der Waals surface area contributed by atoms with Crippen LogP contribution in [-0.2, 0) is 10.0 Å². The van der Waals surface area contributed by atoms with Gasteiger partial charge in [0.2, 0.25) is 0 Å². The third-order valence-electron chi connectivity index (χ3n) is 6.32. The number of rotatable bonds is 5. The predicted octanol–water partition coefficient (Wildman–Crippen LogP) is 4.56. The number of anilines is 1. The van der Waals surface area contributed by atoms with Crippen LogP contribution in [0.3, 0.4) is 0 Å². The molecule has 0 atom stereocenters. The van der Waals surface area contributed by atoms with Crippen LogP contribution in [0.25, 0.3) is 0 Å². The summed E-state index contributed by atoms with van der Waals surface area (Å²) >= 11 is 0. The lowest BCUT2D eigenvalue weighted by Gasteiger charge is -2.32. The SMILES string of the molecule is Cc1ccc(C(=O)N2CCC(c3ccc(C#N)cc3)CC2)cc1NS(=O)(=O)c1ccc(C#N)cc1. The summed E-state index contributed by atoms with van der Waals surface area (Å²) in [5.74, 6) is 0.196. The number of likely N-dealkylation sites (tertiary alicyclic amines) is 1. The highest BCUT2D eigenvalue weighted by Gasteiger charge is 2.25. The van der Waals surface area contributed by atoms with E-state index in [1.165, 1.54) is 29.8 Å². The van der Waals surface area contributed by atoms with Crippen molar-refractivity contribution in [1.82, 2.24) is 4.90 Å². The molecule has 0 unspecified atom stereocenters. The summed E-state index contributed by atoms with van der Waals surface area (Å²) in [7, 11) is -3.88. The molecule has 1 N–H and O–H groups in total. The second-order valence-electron chi connectivity index (χ2n) is 8.57. The van der Waals surface area contributed by atoms with Gasteiger partial charge in [0.25, 0.3) is 15.9 Å². The Morgan fingerprint density at radius 3 is 2.06 bits per heavy atom. The molecule has 1 saturated heterocycles. The van der Waals surface area contributed by atoms with E-state index in [1.54, 1.807) is 30.0 Å². The lowest BCUT2D eigenvalue weighted by Crippen LogP contribution is -2.38. The number of amides is 1. The van der Waals surface area contributed by atoms with E-state index in [2.05, 4.69) is 10.8 Å². The third-order valence-corrected chi connectivity index (χ3v) is 7.70. The van der Waals surface area contributed by atoms with Gasteiger partial charge in [-0.05, 0) is 85.3 Å². The first-order valence-corrected chi connectivity index (χ1v) is 12.7. The molecule has 0 spiro atoms. The van der Waals surface area contributed by atoms with Crippen LogP contribution in [0.2, 0.25) is 0 Å². The minimum atomic E-state index is -3.88. The highest BCUT2D eigenvalue weighted by molar-refractivity contribution is 7.92. The summed E-state index contributed by atoms with van der Waals surface area (Å²) in [6.07, 6.45) is 1.64. The Bertz CT molecular complexity index is 1430. The maximum Gasteiger partial charge on any atom is 0.261 e. The molecule has 4 rings (SSSR count). The van der Waals surface area contributed by atoms with Crippen LogP contribution < -0.4 is 4.72 Å². The van der Waals surface area contributed by atoms with Crippen molar-refractivity contribution in [3.63, 3.8) is 0 Å². The maximum atomic E-state index is 13.2. The number of sulfonamides is 1. The first-order valence-electron chi connectivity index (χ1n) is 11.2. The van der Waals surface area contributed by atoms with Crippen molar-refractivity contribution in [1.29, 1.82) is 10.5 Å². The first-order chi connectivity index (χ1) is 16.8. The van der Waals surface area contributed by atoms with Gasteiger partial charge >= 0.3 is 0 Å². The molecule has 3 aromatic rings. The number of nitriles is 2. The van der Waals surface area contributed by atoms with Gasteiger partial charge in [-0.25, -0.2) is 8.42 Å². The standard InChI is InChI=1S/C27H24N4O3S/c1-19-2-7-24(16-26(19)30-35(33,34)25-10-5-21(18-29)6-11-25)27(32)31-14-12-23(13-15-31)22-8-3-20(17-28)4-9-22/h2-11,16,23,30H,12-15H2,1H3. The molecule has 3 aromatic carbocycles. The van der Waals surface area contributed by atoms with Gasteiger partial charge in [-0.1, -0.05) is 18.2 Å². The van der Waals surface area contributed by atoms with Crippen LogP contribution >= 0.6 is 0 Å². The summed E-state index contributed by atoms with van der Waals surface area (Å²) in [6, 6.07) is 22.4. The van der Waals surface area contributed by atoms with Gasteiger partial charge in [0, 0.05) is 18.7 Å². The second-order valence-corrected chi connectivity index (χ2v) is 10.3. The third kappa shape index (κ3) is 5.34. The number of hydrogen-bond acceptors (Lipinski definition) is 5. The van der Waals surface area contributed by atoms with Gasteiger partial charge in [0.15, 0.2) is 0 Å². The van der Waals surface area contributed by atoms with Crippen LogP contribution in [0.15, 0.2) is 71.6 Å². The minimum Gasteiger partial charge on any atom is -0.339 e. The largest absolute Gasteiger partial charge is 0.339 e. The molecule has 0 saturated carbocycles. The molecule has 0 aliphatic carbocycles. The van der Waals surface area contributed by atoms with Gasteiger partial charge < -0.3 is 4.90 Å². The Kier molecular flexibility index (Phi) is 6.86. The van der Waals surface area contributed by atoms with E-state index in [1.807, 2.05) is 30.3 Å². The number of aryl methyl sites for hydroxylation is 1. The first kappa shape index (κ1) is 24.0. The Morgan fingerprint density at radius 2 is 1.49 bits per heavy atom. The zero-order valence-corrected chi connectivity index (χ0v) is 20.0. The molecule has 7 nitrogen and oxygen atoms in total. The summed E-state index contributed by atoms with van der Waals surface area (Å²) in [5.41, 5.74) is 3.63. The van der Waals surface area contributed by atoms with Gasteiger partial charge in [0.1, 0.15) is 0 Å². The fourth-order valence-corrected chi connectivity index (χ4v) is 5.33. The van der Waals surface area contributed by atoms with E-state index in [4.69, 9.17) is 10.5 Å². The van der Waals surface area contributed by atoms with E-state index in [0.29, 0.717) is 46.9 Å². The molecule has 35 heavy (non-hydrogen) atoms. The zero-order valence-electron chi connectivity index (χ0n) is 19.2. The fraction of sp³-hybridized carbons (Fsp3) is 0.222. The molecule has 8 heteroatoms. The number of benzene rings is 3. The van der Waals surface area contributed by atoms with Crippen LogP contribution in [-0.4, -0.2) is 32.3 Å². The molecule has 1 aliphatic heterocycles. The monoisotopic (exact) mass is 484 g/mol. The van der Waals surface area contributed by atoms with Crippen molar-refractivity contribution >= 4 is 21.6 Å². The number of piperidine rings is 1. The molecular weight excluding hydrogens is 460 g/mol. The Labute approximate surface area is 205 Å². The normalized spacial score (nSPS) is 14.1.